The zero-order valence-corrected chi connectivity index (χ0v) is 15.8. The Bertz CT molecular complexity index is 824. The van der Waals surface area contributed by atoms with E-state index in [4.69, 9.17) is 0 Å². The molecule has 3 heterocycles. The smallest absolute Gasteiger partial charge is 0.218 e. The lowest BCUT2D eigenvalue weighted by Crippen LogP contribution is -2.44. The predicted octanol–water partition coefficient (Wildman–Crippen LogP) is 3.11. The van der Waals surface area contributed by atoms with Crippen LogP contribution in [0.2, 0.25) is 0 Å². The summed E-state index contributed by atoms with van der Waals surface area (Å²) in [7, 11) is -3.28. The first-order valence-corrected chi connectivity index (χ1v) is 11.0. The molecule has 3 aliphatic rings. The summed E-state index contributed by atoms with van der Waals surface area (Å²) in [6.45, 7) is 3.20. The van der Waals surface area contributed by atoms with E-state index in [1.807, 2.05) is 36.4 Å². The molecule has 0 saturated carbocycles. The SMILES string of the molecule is O=S(=O)(Cc1ccccc1)N1C[C@H]2CC[C@@H](C1)N(Cc1ccccc1)C2. The molecule has 3 aliphatic heterocycles. The summed E-state index contributed by atoms with van der Waals surface area (Å²) in [5.41, 5.74) is 2.17. The van der Waals surface area contributed by atoms with Gasteiger partial charge in [-0.05, 0) is 29.9 Å². The number of benzene rings is 2. The van der Waals surface area contributed by atoms with Crippen LogP contribution < -0.4 is 0 Å². The Morgan fingerprint density at radius 2 is 1.46 bits per heavy atom. The average molecular weight is 371 g/mol. The molecule has 138 valence electrons. The predicted molar refractivity (Wildman–Crippen MR) is 104 cm³/mol. The third-order valence-corrected chi connectivity index (χ3v) is 7.39. The molecule has 26 heavy (non-hydrogen) atoms. The molecule has 0 N–H and O–H groups in total. The topological polar surface area (TPSA) is 40.6 Å². The molecule has 2 aromatic carbocycles. The minimum absolute atomic E-state index is 0.103. The Hall–Kier alpha value is -1.69. The molecule has 0 unspecified atom stereocenters. The highest BCUT2D eigenvalue weighted by Crippen LogP contribution is 2.31. The molecule has 4 nitrogen and oxygen atoms in total. The quantitative estimate of drug-likeness (QED) is 0.812. The van der Waals surface area contributed by atoms with Crippen LogP contribution >= 0.6 is 0 Å². The van der Waals surface area contributed by atoms with Crippen molar-refractivity contribution in [1.82, 2.24) is 9.21 Å². The molecule has 0 spiro atoms. The maximum Gasteiger partial charge on any atom is 0.218 e. The van der Waals surface area contributed by atoms with Crippen molar-refractivity contribution in [2.75, 3.05) is 19.6 Å². The minimum Gasteiger partial charge on any atom is -0.294 e. The zero-order chi connectivity index (χ0) is 18.0. The second kappa shape index (κ2) is 7.51. The first-order chi connectivity index (χ1) is 12.6. The molecule has 2 atom stereocenters. The van der Waals surface area contributed by atoms with Gasteiger partial charge >= 0.3 is 0 Å². The van der Waals surface area contributed by atoms with Crippen LogP contribution in [0.5, 0.6) is 0 Å². The van der Waals surface area contributed by atoms with Crippen molar-refractivity contribution in [3.05, 3.63) is 71.8 Å². The largest absolute Gasteiger partial charge is 0.294 e. The molecule has 3 saturated heterocycles. The molecule has 0 aromatic heterocycles. The van der Waals surface area contributed by atoms with E-state index in [1.54, 1.807) is 4.31 Å². The van der Waals surface area contributed by atoms with Crippen molar-refractivity contribution in [2.45, 2.75) is 31.2 Å². The molecule has 0 radical (unpaired) electrons. The molecule has 5 heteroatoms. The van der Waals surface area contributed by atoms with E-state index in [2.05, 4.69) is 29.2 Å². The van der Waals surface area contributed by atoms with Gasteiger partial charge in [0.25, 0.3) is 0 Å². The highest BCUT2D eigenvalue weighted by atomic mass is 32.2. The van der Waals surface area contributed by atoms with Gasteiger partial charge in [-0.25, -0.2) is 8.42 Å². The van der Waals surface area contributed by atoms with E-state index in [0.717, 1.165) is 31.5 Å². The lowest BCUT2D eigenvalue weighted by molar-refractivity contribution is 0.125. The number of hydrogen-bond acceptors (Lipinski definition) is 3. The fraction of sp³-hybridized carbons (Fsp3) is 0.429. The number of piperidine rings is 1. The van der Waals surface area contributed by atoms with Gasteiger partial charge in [0.15, 0.2) is 0 Å². The molecule has 2 aromatic rings. The number of sulfonamides is 1. The van der Waals surface area contributed by atoms with Crippen LogP contribution in [-0.4, -0.2) is 43.3 Å². The van der Waals surface area contributed by atoms with Crippen LogP contribution in [-0.2, 0) is 22.3 Å². The third-order valence-electron chi connectivity index (χ3n) is 5.61. The number of hydrogen-bond donors (Lipinski definition) is 0. The molecule has 0 amide bonds. The van der Waals surface area contributed by atoms with Gasteiger partial charge in [0.05, 0.1) is 5.75 Å². The third kappa shape index (κ3) is 4.00. The van der Waals surface area contributed by atoms with Gasteiger partial charge in [0.2, 0.25) is 10.0 Å². The van der Waals surface area contributed by atoms with Crippen molar-refractivity contribution < 1.29 is 8.42 Å². The Morgan fingerprint density at radius 3 is 2.15 bits per heavy atom. The first-order valence-electron chi connectivity index (χ1n) is 9.40. The molecule has 5 rings (SSSR count). The van der Waals surface area contributed by atoms with Gasteiger partial charge in [-0.3, -0.25) is 4.90 Å². The van der Waals surface area contributed by atoms with Crippen LogP contribution in [0.25, 0.3) is 0 Å². The van der Waals surface area contributed by atoms with Crippen LogP contribution in [0.3, 0.4) is 0 Å². The summed E-state index contributed by atoms with van der Waals surface area (Å²) in [6.07, 6.45) is 2.22. The number of rotatable bonds is 5. The fourth-order valence-corrected chi connectivity index (χ4v) is 5.88. The van der Waals surface area contributed by atoms with Crippen LogP contribution in [0.4, 0.5) is 0 Å². The molecular weight excluding hydrogens is 344 g/mol. The summed E-state index contributed by atoms with van der Waals surface area (Å²) in [4.78, 5) is 2.49. The summed E-state index contributed by atoms with van der Waals surface area (Å²) in [5.74, 6) is 0.536. The Labute approximate surface area is 156 Å². The van der Waals surface area contributed by atoms with E-state index < -0.39 is 10.0 Å². The van der Waals surface area contributed by atoms with E-state index in [0.29, 0.717) is 25.0 Å². The van der Waals surface area contributed by atoms with E-state index >= 15 is 0 Å². The average Bonchev–Trinajstić information content (AvgIpc) is 2.96. The minimum atomic E-state index is -3.28. The van der Waals surface area contributed by atoms with Gasteiger partial charge in [0, 0.05) is 32.2 Å². The second-order valence-corrected chi connectivity index (χ2v) is 9.54. The normalized spacial score (nSPS) is 24.5. The molecule has 0 aliphatic carbocycles. The Morgan fingerprint density at radius 1 is 0.808 bits per heavy atom. The van der Waals surface area contributed by atoms with Gasteiger partial charge in [-0.2, -0.15) is 4.31 Å². The van der Waals surface area contributed by atoms with Crippen LogP contribution in [0, 0.1) is 5.92 Å². The summed E-state index contributed by atoms with van der Waals surface area (Å²) < 4.78 is 27.8. The fourth-order valence-electron chi connectivity index (χ4n) is 4.25. The summed E-state index contributed by atoms with van der Waals surface area (Å²) in [6, 6.07) is 20.3. The first kappa shape index (κ1) is 17.7. The monoisotopic (exact) mass is 370 g/mol. The van der Waals surface area contributed by atoms with E-state index in [1.165, 1.54) is 5.56 Å². The van der Waals surface area contributed by atoms with Crippen LogP contribution in [0.1, 0.15) is 24.0 Å². The summed E-state index contributed by atoms with van der Waals surface area (Å²) in [5, 5.41) is 0. The van der Waals surface area contributed by atoms with Crippen molar-refractivity contribution >= 4 is 10.0 Å². The van der Waals surface area contributed by atoms with Crippen molar-refractivity contribution in [3.63, 3.8) is 0 Å². The summed E-state index contributed by atoms with van der Waals surface area (Å²) >= 11 is 0. The van der Waals surface area contributed by atoms with E-state index in [9.17, 15) is 8.42 Å². The second-order valence-electron chi connectivity index (χ2n) is 7.57. The number of nitrogens with zero attached hydrogens (tertiary/aromatic N) is 2. The maximum atomic E-state index is 13.0. The van der Waals surface area contributed by atoms with Gasteiger partial charge in [-0.15, -0.1) is 0 Å². The van der Waals surface area contributed by atoms with Crippen molar-refractivity contribution in [1.29, 1.82) is 0 Å². The molecule has 3 fully saturated rings. The van der Waals surface area contributed by atoms with Gasteiger partial charge in [0.1, 0.15) is 0 Å². The highest BCUT2D eigenvalue weighted by Gasteiger charge is 2.38. The molecular formula is C21H26N2O2S. The van der Waals surface area contributed by atoms with Crippen LogP contribution in [0.15, 0.2) is 60.7 Å². The van der Waals surface area contributed by atoms with Crippen molar-refractivity contribution in [2.24, 2.45) is 5.92 Å². The standard InChI is InChI=1S/C21H26N2O2S/c24-26(25,17-19-9-5-2-6-10-19)23-15-20-11-12-21(16-23)22(14-20)13-18-7-3-1-4-8-18/h1-10,20-21H,11-17H2/t20-,21-/m0/s1. The van der Waals surface area contributed by atoms with Crippen molar-refractivity contribution in [3.8, 4) is 0 Å². The zero-order valence-electron chi connectivity index (χ0n) is 15.0. The maximum absolute atomic E-state index is 13.0. The highest BCUT2D eigenvalue weighted by molar-refractivity contribution is 7.88. The Balaban J connectivity index is 1.49. The van der Waals surface area contributed by atoms with Gasteiger partial charge in [-0.1, -0.05) is 60.7 Å². The van der Waals surface area contributed by atoms with Gasteiger partial charge < -0.3 is 0 Å². The lowest BCUT2D eigenvalue weighted by Gasteiger charge is -2.36. The molecule has 2 bridgehead atoms. The Kier molecular flexibility index (Phi) is 5.11. The van der Waals surface area contributed by atoms with E-state index in [-0.39, 0.29) is 5.75 Å². The lowest BCUT2D eigenvalue weighted by atomic mass is 9.94. The number of fused-ring (bicyclic) bond motifs is 4.